The smallest absolute Gasteiger partial charge is 0.268 e. The number of hydrogen-bond acceptors (Lipinski definition) is 3. The van der Waals surface area contributed by atoms with E-state index in [0.717, 1.165) is 0 Å². The predicted molar refractivity (Wildman–Crippen MR) is 71.2 cm³/mol. The normalized spacial score (nSPS) is 11.8. The molecule has 100 valence electrons. The van der Waals surface area contributed by atoms with E-state index in [0.29, 0.717) is 19.4 Å². The fraction of sp³-hybridized carbons (Fsp3) is 0.455. The summed E-state index contributed by atoms with van der Waals surface area (Å²) in [6.07, 6.45) is 3.66. The van der Waals surface area contributed by atoms with Crippen molar-refractivity contribution in [3.8, 4) is 0 Å². The van der Waals surface area contributed by atoms with E-state index in [1.165, 1.54) is 19.2 Å². The number of carbonyl (C=O) groups is 2. The van der Waals surface area contributed by atoms with Gasteiger partial charge in [0.1, 0.15) is 6.04 Å². The van der Waals surface area contributed by atoms with Crippen LogP contribution in [-0.2, 0) is 9.59 Å². The molecule has 0 saturated carbocycles. The minimum absolute atomic E-state index is 0.00193. The molecule has 5 N–H and O–H groups in total. The van der Waals surface area contributed by atoms with Crippen LogP contribution >= 0.6 is 0 Å². The number of rotatable bonds is 7. The van der Waals surface area contributed by atoms with Crippen LogP contribution in [0.3, 0.4) is 0 Å². The zero-order valence-corrected chi connectivity index (χ0v) is 10.4. The second-order valence-corrected chi connectivity index (χ2v) is 3.55. The number of nitrogens with two attached hydrogens (primary N) is 2. The zero-order valence-electron chi connectivity index (χ0n) is 10.4. The molecule has 0 unspecified atom stereocenters. The highest BCUT2D eigenvalue weighted by atomic mass is 16.2. The van der Waals surface area contributed by atoms with E-state index in [2.05, 4.69) is 21.9 Å². The van der Waals surface area contributed by atoms with Gasteiger partial charge in [0, 0.05) is 19.7 Å². The minimum atomic E-state index is -0.659. The van der Waals surface area contributed by atoms with Gasteiger partial charge in [-0.3, -0.25) is 14.6 Å². The van der Waals surface area contributed by atoms with Gasteiger partial charge in [-0.25, -0.2) is 4.99 Å². The van der Waals surface area contributed by atoms with Crippen LogP contribution in [0.5, 0.6) is 0 Å². The first-order valence-electron chi connectivity index (χ1n) is 5.48. The van der Waals surface area contributed by atoms with Gasteiger partial charge in [-0.2, -0.15) is 0 Å². The molecule has 18 heavy (non-hydrogen) atoms. The van der Waals surface area contributed by atoms with Crippen molar-refractivity contribution in [3.05, 3.63) is 12.7 Å². The van der Waals surface area contributed by atoms with Gasteiger partial charge < -0.3 is 16.8 Å². The molecule has 1 atom stereocenters. The number of amides is 2. The molecule has 0 aromatic carbocycles. The predicted octanol–water partition coefficient (Wildman–Crippen LogP) is -0.672. The summed E-state index contributed by atoms with van der Waals surface area (Å²) in [6, 6.07) is -0.659. The number of carbonyl (C=O) groups excluding carboxylic acids is 2. The summed E-state index contributed by atoms with van der Waals surface area (Å²) in [5.41, 5.74) is 10.3. The Kier molecular flexibility index (Phi) is 7.83. The van der Waals surface area contributed by atoms with Crippen molar-refractivity contribution in [1.82, 2.24) is 5.32 Å². The van der Waals surface area contributed by atoms with Gasteiger partial charge in [-0.15, -0.1) is 0 Å². The molecule has 7 heteroatoms. The van der Waals surface area contributed by atoms with Gasteiger partial charge in [0.15, 0.2) is 5.96 Å². The molecule has 0 aliphatic rings. The van der Waals surface area contributed by atoms with Crippen LogP contribution in [-0.4, -0.2) is 36.6 Å². The van der Waals surface area contributed by atoms with Gasteiger partial charge in [-0.05, 0) is 12.8 Å². The van der Waals surface area contributed by atoms with E-state index >= 15 is 0 Å². The summed E-state index contributed by atoms with van der Waals surface area (Å²) >= 11 is 0. The average molecular weight is 253 g/mol. The molecule has 0 rings (SSSR count). The number of guanidine groups is 1. The SMILES string of the molecule is C=CC=NC(=O)[C@H](CCCN=C(N)N)NC(C)=O. The largest absolute Gasteiger partial charge is 0.370 e. The van der Waals surface area contributed by atoms with Gasteiger partial charge in [-0.1, -0.05) is 12.7 Å². The van der Waals surface area contributed by atoms with Crippen LogP contribution in [0.2, 0.25) is 0 Å². The van der Waals surface area contributed by atoms with Crippen LogP contribution in [0.25, 0.3) is 0 Å². The fourth-order valence-corrected chi connectivity index (χ4v) is 1.22. The molecule has 2 amide bonds. The van der Waals surface area contributed by atoms with Crippen LogP contribution in [0.15, 0.2) is 22.6 Å². The summed E-state index contributed by atoms with van der Waals surface area (Å²) in [5, 5.41) is 2.53. The highest BCUT2D eigenvalue weighted by Gasteiger charge is 2.17. The Bertz CT molecular complexity index is 358. The number of allylic oxidation sites excluding steroid dienone is 1. The zero-order chi connectivity index (χ0) is 14.0. The maximum absolute atomic E-state index is 11.6. The molecule has 0 aromatic rings. The van der Waals surface area contributed by atoms with Crippen LogP contribution in [0, 0.1) is 0 Å². The fourth-order valence-electron chi connectivity index (χ4n) is 1.22. The highest BCUT2D eigenvalue weighted by Crippen LogP contribution is 2.00. The van der Waals surface area contributed by atoms with E-state index < -0.39 is 11.9 Å². The Morgan fingerprint density at radius 3 is 2.61 bits per heavy atom. The molecule has 0 aromatic heterocycles. The molecule has 0 heterocycles. The maximum Gasteiger partial charge on any atom is 0.268 e. The molecule has 7 nitrogen and oxygen atoms in total. The van der Waals surface area contributed by atoms with Gasteiger partial charge in [0.25, 0.3) is 5.91 Å². The van der Waals surface area contributed by atoms with E-state index in [1.54, 1.807) is 0 Å². The van der Waals surface area contributed by atoms with Crippen molar-refractivity contribution >= 4 is 24.0 Å². The summed E-state index contributed by atoms with van der Waals surface area (Å²) in [4.78, 5) is 30.0. The molecule has 0 bridgehead atoms. The monoisotopic (exact) mass is 253 g/mol. The van der Waals surface area contributed by atoms with E-state index in [4.69, 9.17) is 11.5 Å². The molecule has 0 radical (unpaired) electrons. The number of nitrogens with zero attached hydrogens (tertiary/aromatic N) is 2. The summed E-state index contributed by atoms with van der Waals surface area (Å²) in [5.74, 6) is -0.708. The Hall–Kier alpha value is -2.18. The number of hydrogen-bond donors (Lipinski definition) is 3. The van der Waals surface area contributed by atoms with Gasteiger partial charge in [0.05, 0.1) is 0 Å². The molecule has 0 spiro atoms. The average Bonchev–Trinajstić information content (AvgIpc) is 2.29. The number of nitrogens with one attached hydrogen (secondary N) is 1. The van der Waals surface area contributed by atoms with Crippen molar-refractivity contribution in [1.29, 1.82) is 0 Å². The standard InChI is InChI=1S/C11H19N5O2/c1-3-6-14-10(18)9(16-8(2)17)5-4-7-15-11(12)13/h3,6,9H,1,4-5,7H2,2H3,(H,16,17)(H4,12,13,15)/t9-/m0/s1. The Morgan fingerprint density at radius 1 is 1.44 bits per heavy atom. The summed E-state index contributed by atoms with van der Waals surface area (Å²) in [6.45, 7) is 5.15. The quantitative estimate of drug-likeness (QED) is 0.316. The maximum atomic E-state index is 11.6. The van der Waals surface area contributed by atoms with Crippen molar-refractivity contribution in [2.75, 3.05) is 6.54 Å². The van der Waals surface area contributed by atoms with Gasteiger partial charge in [0.2, 0.25) is 5.91 Å². The van der Waals surface area contributed by atoms with Crippen LogP contribution in [0.1, 0.15) is 19.8 Å². The lowest BCUT2D eigenvalue weighted by Gasteiger charge is -2.13. The topological polar surface area (TPSA) is 123 Å². The lowest BCUT2D eigenvalue weighted by atomic mass is 10.1. The second kappa shape index (κ2) is 8.91. The Balaban J connectivity index is 4.35. The molecule has 0 fully saturated rings. The van der Waals surface area contributed by atoms with E-state index in [-0.39, 0.29) is 11.9 Å². The molecule has 0 saturated heterocycles. The van der Waals surface area contributed by atoms with Gasteiger partial charge >= 0.3 is 0 Å². The molecule has 0 aliphatic carbocycles. The van der Waals surface area contributed by atoms with Crippen molar-refractivity contribution in [2.24, 2.45) is 21.5 Å². The minimum Gasteiger partial charge on any atom is -0.370 e. The van der Waals surface area contributed by atoms with Crippen molar-refractivity contribution < 1.29 is 9.59 Å². The van der Waals surface area contributed by atoms with E-state index in [9.17, 15) is 9.59 Å². The van der Waals surface area contributed by atoms with Crippen LogP contribution < -0.4 is 16.8 Å². The lowest BCUT2D eigenvalue weighted by molar-refractivity contribution is -0.126. The van der Waals surface area contributed by atoms with Crippen molar-refractivity contribution in [2.45, 2.75) is 25.8 Å². The third-order valence-electron chi connectivity index (χ3n) is 1.93. The molecule has 0 aliphatic heterocycles. The third-order valence-corrected chi connectivity index (χ3v) is 1.93. The summed E-state index contributed by atoms with van der Waals surface area (Å²) in [7, 11) is 0. The molecular weight excluding hydrogens is 234 g/mol. The lowest BCUT2D eigenvalue weighted by Crippen LogP contribution is -2.39. The Labute approximate surface area is 106 Å². The first kappa shape index (κ1) is 15.8. The first-order valence-corrected chi connectivity index (χ1v) is 5.48. The summed E-state index contributed by atoms with van der Waals surface area (Å²) < 4.78 is 0. The highest BCUT2D eigenvalue weighted by molar-refractivity contribution is 5.93. The van der Waals surface area contributed by atoms with Crippen LogP contribution in [0.4, 0.5) is 0 Å². The second-order valence-electron chi connectivity index (χ2n) is 3.55. The Morgan fingerprint density at radius 2 is 2.11 bits per heavy atom. The van der Waals surface area contributed by atoms with Crippen molar-refractivity contribution in [3.63, 3.8) is 0 Å². The van der Waals surface area contributed by atoms with E-state index in [1.807, 2.05) is 0 Å². The number of aliphatic imine (C=N–C) groups is 2. The first-order chi connectivity index (χ1) is 8.47. The third kappa shape index (κ3) is 8.03. The molecular formula is C11H19N5O2.